The molecule has 154 valence electrons. The highest BCUT2D eigenvalue weighted by Gasteiger charge is 2.23. The fourth-order valence-corrected chi connectivity index (χ4v) is 3.65. The molecule has 0 radical (unpaired) electrons. The third-order valence-corrected chi connectivity index (χ3v) is 5.28. The first-order valence-electron chi connectivity index (χ1n) is 10.4. The number of nitrogens with one attached hydrogen (secondary N) is 2. The van der Waals surface area contributed by atoms with E-state index in [2.05, 4.69) is 15.5 Å². The van der Waals surface area contributed by atoms with Crippen LogP contribution < -0.4 is 15.5 Å². The highest BCUT2D eigenvalue weighted by atomic mass is 16.2. The van der Waals surface area contributed by atoms with Crippen LogP contribution in [-0.2, 0) is 6.54 Å². The highest BCUT2D eigenvalue weighted by Crippen LogP contribution is 2.28. The normalized spacial score (nSPS) is 13.2. The molecule has 1 heterocycles. The van der Waals surface area contributed by atoms with Crippen LogP contribution in [0, 0.1) is 0 Å². The van der Waals surface area contributed by atoms with Crippen molar-refractivity contribution in [2.24, 2.45) is 0 Å². The van der Waals surface area contributed by atoms with E-state index in [1.165, 1.54) is 0 Å². The van der Waals surface area contributed by atoms with E-state index in [0.717, 1.165) is 37.2 Å². The highest BCUT2D eigenvalue weighted by molar-refractivity contribution is 6.02. The maximum absolute atomic E-state index is 13.1. The van der Waals surface area contributed by atoms with Gasteiger partial charge in [-0.3, -0.25) is 4.79 Å². The lowest BCUT2D eigenvalue weighted by atomic mass is 10.1. The van der Waals surface area contributed by atoms with Crippen molar-refractivity contribution in [1.82, 2.24) is 10.2 Å². The van der Waals surface area contributed by atoms with Gasteiger partial charge in [0, 0.05) is 44.1 Å². The van der Waals surface area contributed by atoms with Crippen LogP contribution in [0.4, 0.5) is 16.2 Å². The summed E-state index contributed by atoms with van der Waals surface area (Å²) in [7, 11) is 0. The molecule has 0 aromatic heterocycles. The number of carbonyl (C=O) groups excluding carboxylic acids is 2. The van der Waals surface area contributed by atoms with E-state index < -0.39 is 0 Å². The van der Waals surface area contributed by atoms with Crippen LogP contribution in [0.3, 0.4) is 0 Å². The molecule has 0 spiro atoms. The van der Waals surface area contributed by atoms with Crippen molar-refractivity contribution < 1.29 is 9.59 Å². The number of urea groups is 1. The first kappa shape index (κ1) is 20.7. The lowest BCUT2D eigenvalue weighted by molar-refractivity contribution is 0.0773. The predicted octanol–water partition coefficient (Wildman–Crippen LogP) is 4.09. The number of anilines is 2. The van der Waals surface area contributed by atoms with Gasteiger partial charge in [0.1, 0.15) is 0 Å². The fourth-order valence-electron chi connectivity index (χ4n) is 3.65. The SMILES string of the molecule is CCN(CC)C(=O)c1cc(NC(=O)NCc2ccccc2)ccc1N1CCCC1. The number of hydrogen-bond donors (Lipinski definition) is 2. The number of amides is 3. The van der Waals surface area contributed by atoms with Crippen LogP contribution in [0.15, 0.2) is 48.5 Å². The van der Waals surface area contributed by atoms with Gasteiger partial charge >= 0.3 is 6.03 Å². The zero-order valence-corrected chi connectivity index (χ0v) is 17.3. The van der Waals surface area contributed by atoms with Crippen molar-refractivity contribution in [2.75, 3.05) is 36.4 Å². The average Bonchev–Trinajstić information content (AvgIpc) is 3.28. The van der Waals surface area contributed by atoms with Crippen LogP contribution in [0.1, 0.15) is 42.6 Å². The molecule has 6 nitrogen and oxygen atoms in total. The Morgan fingerprint density at radius 1 is 1.00 bits per heavy atom. The van der Waals surface area contributed by atoms with Gasteiger partial charge in [0.15, 0.2) is 0 Å². The van der Waals surface area contributed by atoms with Crippen LogP contribution in [0.2, 0.25) is 0 Å². The van der Waals surface area contributed by atoms with Crippen molar-refractivity contribution in [3.8, 4) is 0 Å². The first-order valence-corrected chi connectivity index (χ1v) is 10.4. The van der Waals surface area contributed by atoms with E-state index in [0.29, 0.717) is 30.9 Å². The Balaban J connectivity index is 1.75. The van der Waals surface area contributed by atoms with Crippen LogP contribution >= 0.6 is 0 Å². The van der Waals surface area contributed by atoms with E-state index in [4.69, 9.17) is 0 Å². The van der Waals surface area contributed by atoms with E-state index in [9.17, 15) is 9.59 Å². The summed E-state index contributed by atoms with van der Waals surface area (Å²) in [5, 5.41) is 5.72. The third kappa shape index (κ3) is 5.28. The molecular weight excluding hydrogens is 364 g/mol. The molecule has 1 aliphatic rings. The minimum absolute atomic E-state index is 0.00486. The Labute approximate surface area is 172 Å². The van der Waals surface area contributed by atoms with Gasteiger partial charge in [-0.25, -0.2) is 4.79 Å². The first-order chi connectivity index (χ1) is 14.1. The number of nitrogens with zero attached hydrogens (tertiary/aromatic N) is 2. The molecule has 0 aliphatic carbocycles. The van der Waals surface area contributed by atoms with Crippen molar-refractivity contribution in [3.05, 3.63) is 59.7 Å². The number of rotatable bonds is 7. The molecule has 3 rings (SSSR count). The summed E-state index contributed by atoms with van der Waals surface area (Å²) in [6.45, 7) is 7.65. The molecule has 29 heavy (non-hydrogen) atoms. The summed E-state index contributed by atoms with van der Waals surface area (Å²) in [4.78, 5) is 29.5. The lowest BCUT2D eigenvalue weighted by Crippen LogP contribution is -2.33. The van der Waals surface area contributed by atoms with E-state index in [1.807, 2.05) is 61.2 Å². The van der Waals surface area contributed by atoms with E-state index in [-0.39, 0.29) is 11.9 Å². The molecular formula is C23H30N4O2. The second-order valence-corrected chi connectivity index (χ2v) is 7.20. The van der Waals surface area contributed by atoms with Gasteiger partial charge in [-0.15, -0.1) is 0 Å². The quantitative estimate of drug-likeness (QED) is 0.743. The van der Waals surface area contributed by atoms with Gasteiger partial charge in [-0.05, 0) is 50.5 Å². The molecule has 3 amide bonds. The number of benzene rings is 2. The summed E-state index contributed by atoms with van der Waals surface area (Å²) < 4.78 is 0. The second-order valence-electron chi connectivity index (χ2n) is 7.20. The smallest absolute Gasteiger partial charge is 0.319 e. The van der Waals surface area contributed by atoms with Crippen LogP contribution in [-0.4, -0.2) is 43.0 Å². The summed E-state index contributed by atoms with van der Waals surface area (Å²) in [5.74, 6) is 0.00486. The summed E-state index contributed by atoms with van der Waals surface area (Å²) in [6.07, 6.45) is 2.28. The minimum Gasteiger partial charge on any atom is -0.371 e. The summed E-state index contributed by atoms with van der Waals surface area (Å²) >= 11 is 0. The largest absolute Gasteiger partial charge is 0.371 e. The zero-order valence-electron chi connectivity index (χ0n) is 17.3. The van der Waals surface area contributed by atoms with Crippen molar-refractivity contribution in [2.45, 2.75) is 33.2 Å². The molecule has 0 unspecified atom stereocenters. The summed E-state index contributed by atoms with van der Waals surface area (Å²) in [6, 6.07) is 15.1. The van der Waals surface area contributed by atoms with Crippen molar-refractivity contribution >= 4 is 23.3 Å². The molecule has 2 aromatic carbocycles. The number of hydrogen-bond acceptors (Lipinski definition) is 3. The molecule has 6 heteroatoms. The fraction of sp³-hybridized carbons (Fsp3) is 0.391. The molecule has 1 fully saturated rings. The zero-order chi connectivity index (χ0) is 20.6. The molecule has 0 saturated carbocycles. The number of carbonyl (C=O) groups is 2. The van der Waals surface area contributed by atoms with E-state index >= 15 is 0 Å². The minimum atomic E-state index is -0.288. The Hall–Kier alpha value is -3.02. The maximum atomic E-state index is 13.1. The second kappa shape index (κ2) is 9.96. The monoisotopic (exact) mass is 394 g/mol. The Kier molecular flexibility index (Phi) is 7.11. The van der Waals surface area contributed by atoms with E-state index in [1.54, 1.807) is 6.07 Å². The van der Waals surface area contributed by atoms with Gasteiger partial charge in [-0.1, -0.05) is 30.3 Å². The average molecular weight is 395 g/mol. The van der Waals surface area contributed by atoms with Gasteiger partial charge < -0.3 is 20.4 Å². The topological polar surface area (TPSA) is 64.7 Å². The van der Waals surface area contributed by atoms with Gasteiger partial charge in [0.25, 0.3) is 5.91 Å². The van der Waals surface area contributed by atoms with Crippen LogP contribution in [0.5, 0.6) is 0 Å². The maximum Gasteiger partial charge on any atom is 0.319 e. The molecule has 0 atom stereocenters. The van der Waals surface area contributed by atoms with Gasteiger partial charge in [-0.2, -0.15) is 0 Å². The molecule has 2 N–H and O–H groups in total. The molecule has 1 aliphatic heterocycles. The lowest BCUT2D eigenvalue weighted by Gasteiger charge is -2.25. The van der Waals surface area contributed by atoms with Crippen LogP contribution in [0.25, 0.3) is 0 Å². The van der Waals surface area contributed by atoms with Crippen molar-refractivity contribution in [3.63, 3.8) is 0 Å². The molecule has 1 saturated heterocycles. The predicted molar refractivity (Wildman–Crippen MR) is 117 cm³/mol. The Morgan fingerprint density at radius 3 is 2.34 bits per heavy atom. The Bertz CT molecular complexity index is 828. The summed E-state index contributed by atoms with van der Waals surface area (Å²) in [5.41, 5.74) is 3.25. The van der Waals surface area contributed by atoms with Gasteiger partial charge in [0.2, 0.25) is 0 Å². The Morgan fingerprint density at radius 2 is 1.69 bits per heavy atom. The standard InChI is InChI=1S/C23H30N4O2/c1-3-26(4-2)22(28)20-16-19(12-13-21(20)27-14-8-9-15-27)25-23(29)24-17-18-10-6-5-7-11-18/h5-7,10-13,16H,3-4,8-9,14-15,17H2,1-2H3,(H2,24,25,29). The van der Waals surface area contributed by atoms with Gasteiger partial charge in [0.05, 0.1) is 5.56 Å². The third-order valence-electron chi connectivity index (χ3n) is 5.28. The molecule has 2 aromatic rings. The molecule has 0 bridgehead atoms. The van der Waals surface area contributed by atoms with Crippen molar-refractivity contribution in [1.29, 1.82) is 0 Å².